The largest absolute Gasteiger partial charge is 0.378 e. The van der Waals surface area contributed by atoms with Crippen molar-refractivity contribution in [2.45, 2.75) is 11.8 Å². The zero-order chi connectivity index (χ0) is 17.7. The third-order valence-corrected chi connectivity index (χ3v) is 5.36. The molecule has 0 saturated carbocycles. The molecule has 1 N–H and O–H groups in total. The number of benzene rings is 1. The second-order valence-electron chi connectivity index (χ2n) is 5.91. The van der Waals surface area contributed by atoms with Gasteiger partial charge in [0.15, 0.2) is 9.84 Å². The van der Waals surface area contributed by atoms with Crippen LogP contribution in [-0.4, -0.2) is 75.2 Å². The summed E-state index contributed by atoms with van der Waals surface area (Å²) in [5.41, 5.74) is 0.133. The summed E-state index contributed by atoms with van der Waals surface area (Å²) in [4.78, 5) is 15.3. The molecule has 0 bridgehead atoms. The van der Waals surface area contributed by atoms with Gasteiger partial charge in [-0.15, -0.1) is 0 Å². The van der Waals surface area contributed by atoms with Crippen LogP contribution in [0.1, 0.15) is 6.92 Å². The van der Waals surface area contributed by atoms with Crippen LogP contribution in [0.2, 0.25) is 0 Å². The van der Waals surface area contributed by atoms with Crippen molar-refractivity contribution >= 4 is 21.2 Å². The highest BCUT2D eigenvalue weighted by atomic mass is 32.2. The Morgan fingerprint density at radius 3 is 2.38 bits per heavy atom. The SMILES string of the molecule is CCN1CCN(CCNc2ccc(S(C)(=O)=O)cc2[N+](=O)[O-])CC1. The molecule has 1 aliphatic heterocycles. The normalized spacial score (nSPS) is 16.9. The fourth-order valence-electron chi connectivity index (χ4n) is 2.72. The van der Waals surface area contributed by atoms with Crippen molar-refractivity contribution in [2.24, 2.45) is 0 Å². The summed E-state index contributed by atoms with van der Waals surface area (Å²) >= 11 is 0. The highest BCUT2D eigenvalue weighted by Gasteiger charge is 2.19. The van der Waals surface area contributed by atoms with Gasteiger partial charge in [-0.05, 0) is 18.7 Å². The monoisotopic (exact) mass is 356 g/mol. The summed E-state index contributed by atoms with van der Waals surface area (Å²) < 4.78 is 23.1. The lowest BCUT2D eigenvalue weighted by Crippen LogP contribution is -2.47. The van der Waals surface area contributed by atoms with E-state index >= 15 is 0 Å². The van der Waals surface area contributed by atoms with E-state index in [1.807, 2.05) is 0 Å². The first-order chi connectivity index (χ1) is 11.3. The van der Waals surface area contributed by atoms with E-state index < -0.39 is 14.8 Å². The first kappa shape index (κ1) is 18.6. The maximum Gasteiger partial charge on any atom is 0.293 e. The quantitative estimate of drug-likeness (QED) is 0.576. The lowest BCUT2D eigenvalue weighted by Gasteiger charge is -2.34. The minimum atomic E-state index is -3.47. The van der Waals surface area contributed by atoms with Crippen molar-refractivity contribution in [1.29, 1.82) is 0 Å². The lowest BCUT2D eigenvalue weighted by atomic mass is 10.2. The van der Waals surface area contributed by atoms with E-state index in [1.54, 1.807) is 0 Å². The maximum absolute atomic E-state index is 11.5. The molecule has 0 unspecified atom stereocenters. The number of nitro groups is 1. The minimum absolute atomic E-state index is 0.0459. The van der Waals surface area contributed by atoms with Gasteiger partial charge < -0.3 is 10.2 Å². The van der Waals surface area contributed by atoms with Crippen molar-refractivity contribution in [3.63, 3.8) is 0 Å². The molecule has 2 rings (SSSR count). The number of nitrogens with one attached hydrogen (secondary N) is 1. The average molecular weight is 356 g/mol. The van der Waals surface area contributed by atoms with Crippen LogP contribution in [0.15, 0.2) is 23.1 Å². The third-order valence-electron chi connectivity index (χ3n) is 4.25. The fraction of sp³-hybridized carbons (Fsp3) is 0.600. The molecular weight excluding hydrogens is 332 g/mol. The molecule has 0 amide bonds. The molecule has 1 aliphatic rings. The van der Waals surface area contributed by atoms with Gasteiger partial charge in [-0.1, -0.05) is 6.92 Å². The third kappa shape index (κ3) is 4.89. The molecule has 0 atom stereocenters. The Morgan fingerprint density at radius 2 is 1.83 bits per heavy atom. The summed E-state index contributed by atoms with van der Waals surface area (Å²) in [5, 5.41) is 14.2. The smallest absolute Gasteiger partial charge is 0.293 e. The molecule has 0 radical (unpaired) electrons. The molecule has 1 aromatic carbocycles. The second kappa shape index (κ2) is 7.91. The van der Waals surface area contributed by atoms with Gasteiger partial charge in [0, 0.05) is 51.6 Å². The number of hydrogen-bond donors (Lipinski definition) is 1. The fourth-order valence-corrected chi connectivity index (χ4v) is 3.36. The molecule has 0 aromatic heterocycles. The minimum Gasteiger partial charge on any atom is -0.378 e. The first-order valence-electron chi connectivity index (χ1n) is 7.98. The highest BCUT2D eigenvalue weighted by Crippen LogP contribution is 2.27. The molecule has 1 saturated heterocycles. The average Bonchev–Trinajstić information content (AvgIpc) is 2.54. The number of sulfone groups is 1. The van der Waals surface area contributed by atoms with Gasteiger partial charge in [-0.2, -0.15) is 0 Å². The van der Waals surface area contributed by atoms with Crippen molar-refractivity contribution in [1.82, 2.24) is 9.80 Å². The van der Waals surface area contributed by atoms with Crippen LogP contribution in [0.4, 0.5) is 11.4 Å². The van der Waals surface area contributed by atoms with Crippen LogP contribution >= 0.6 is 0 Å². The predicted molar refractivity (Wildman–Crippen MR) is 93.2 cm³/mol. The Kier molecular flexibility index (Phi) is 6.14. The zero-order valence-electron chi connectivity index (χ0n) is 14.1. The van der Waals surface area contributed by atoms with E-state index in [9.17, 15) is 18.5 Å². The van der Waals surface area contributed by atoms with E-state index in [-0.39, 0.29) is 10.6 Å². The molecule has 1 aromatic rings. The van der Waals surface area contributed by atoms with E-state index in [4.69, 9.17) is 0 Å². The van der Waals surface area contributed by atoms with Crippen LogP contribution in [0.5, 0.6) is 0 Å². The number of nitrogens with zero attached hydrogens (tertiary/aromatic N) is 3. The molecule has 134 valence electrons. The Hall–Kier alpha value is -1.71. The molecule has 8 nitrogen and oxygen atoms in total. The van der Waals surface area contributed by atoms with Gasteiger partial charge in [0.1, 0.15) is 5.69 Å². The van der Waals surface area contributed by atoms with E-state index in [1.165, 1.54) is 12.1 Å². The Bertz CT molecular complexity index is 685. The number of piperazine rings is 1. The lowest BCUT2D eigenvalue weighted by molar-refractivity contribution is -0.384. The Labute approximate surface area is 142 Å². The number of anilines is 1. The topological polar surface area (TPSA) is 95.8 Å². The molecule has 9 heteroatoms. The number of hydrogen-bond acceptors (Lipinski definition) is 7. The van der Waals surface area contributed by atoms with E-state index in [2.05, 4.69) is 22.0 Å². The number of nitro benzene ring substituents is 1. The highest BCUT2D eigenvalue weighted by molar-refractivity contribution is 7.90. The second-order valence-corrected chi connectivity index (χ2v) is 7.93. The van der Waals surface area contributed by atoms with Crippen LogP contribution in [0.25, 0.3) is 0 Å². The van der Waals surface area contributed by atoms with Crippen molar-refractivity contribution < 1.29 is 13.3 Å². The van der Waals surface area contributed by atoms with Crippen LogP contribution < -0.4 is 5.32 Å². The summed E-state index contributed by atoms with van der Waals surface area (Å²) in [5.74, 6) is 0. The number of rotatable bonds is 7. The van der Waals surface area contributed by atoms with Gasteiger partial charge in [0.25, 0.3) is 5.69 Å². The summed E-state index contributed by atoms with van der Waals surface area (Å²) in [7, 11) is -3.47. The molecule has 0 aliphatic carbocycles. The molecule has 1 fully saturated rings. The van der Waals surface area contributed by atoms with E-state index in [0.29, 0.717) is 12.2 Å². The number of likely N-dealkylation sites (N-methyl/N-ethyl adjacent to an activating group) is 1. The summed E-state index contributed by atoms with van der Waals surface area (Å²) in [6.45, 7) is 8.64. The molecule has 0 spiro atoms. The molecule has 1 heterocycles. The van der Waals surface area contributed by atoms with Gasteiger partial charge >= 0.3 is 0 Å². The van der Waals surface area contributed by atoms with Gasteiger partial charge in [0.2, 0.25) is 0 Å². The van der Waals surface area contributed by atoms with Gasteiger partial charge in [-0.3, -0.25) is 15.0 Å². The predicted octanol–water partition coefficient (Wildman–Crippen LogP) is 1.05. The van der Waals surface area contributed by atoms with Crippen molar-refractivity contribution in [2.75, 3.05) is 57.4 Å². The van der Waals surface area contributed by atoms with Gasteiger partial charge in [-0.25, -0.2) is 8.42 Å². The van der Waals surface area contributed by atoms with Crippen molar-refractivity contribution in [3.8, 4) is 0 Å². The molecular formula is C15H24N4O4S. The molecule has 24 heavy (non-hydrogen) atoms. The van der Waals surface area contributed by atoms with Gasteiger partial charge in [0.05, 0.1) is 9.82 Å². The summed E-state index contributed by atoms with van der Waals surface area (Å²) in [6, 6.07) is 3.96. The standard InChI is InChI=1S/C15H24N4O4S/c1-3-17-8-10-18(11-9-17)7-6-16-14-5-4-13(24(2,22)23)12-15(14)19(20)21/h4-5,12,16H,3,6-11H2,1-2H3. The zero-order valence-corrected chi connectivity index (χ0v) is 14.9. The van der Waals surface area contributed by atoms with Crippen molar-refractivity contribution in [3.05, 3.63) is 28.3 Å². The van der Waals surface area contributed by atoms with Crippen LogP contribution in [0, 0.1) is 10.1 Å². The van der Waals surface area contributed by atoms with Crippen LogP contribution in [0.3, 0.4) is 0 Å². The Morgan fingerprint density at radius 1 is 1.21 bits per heavy atom. The first-order valence-corrected chi connectivity index (χ1v) is 9.87. The maximum atomic E-state index is 11.5. The van der Waals surface area contributed by atoms with E-state index in [0.717, 1.165) is 51.6 Å². The Balaban J connectivity index is 1.96. The van der Waals surface area contributed by atoms with Crippen LogP contribution in [-0.2, 0) is 9.84 Å². The summed E-state index contributed by atoms with van der Waals surface area (Å²) in [6.07, 6.45) is 1.04.